The Morgan fingerprint density at radius 2 is 1.96 bits per heavy atom. The summed E-state index contributed by atoms with van der Waals surface area (Å²) in [6.07, 6.45) is 1.75. The molecule has 1 saturated heterocycles. The van der Waals surface area contributed by atoms with Crippen molar-refractivity contribution in [3.8, 4) is 11.5 Å². The number of hydrogen-bond acceptors (Lipinski definition) is 5. The lowest BCUT2D eigenvalue weighted by Crippen LogP contribution is -2.19. The Morgan fingerprint density at radius 1 is 1.16 bits per heavy atom. The van der Waals surface area contributed by atoms with Gasteiger partial charge in [-0.25, -0.2) is 4.99 Å². The van der Waals surface area contributed by atoms with Crippen LogP contribution in [0.25, 0.3) is 6.08 Å². The van der Waals surface area contributed by atoms with E-state index in [1.165, 1.54) is 11.8 Å². The predicted molar refractivity (Wildman–Crippen MR) is 102 cm³/mol. The van der Waals surface area contributed by atoms with E-state index >= 15 is 0 Å². The van der Waals surface area contributed by atoms with Crippen molar-refractivity contribution in [3.05, 3.63) is 58.0 Å². The Kier molecular flexibility index (Phi) is 5.31. The molecular weight excluding hydrogens is 360 g/mol. The van der Waals surface area contributed by atoms with Crippen molar-refractivity contribution < 1.29 is 14.3 Å². The van der Waals surface area contributed by atoms with E-state index in [1.54, 1.807) is 44.6 Å². The van der Waals surface area contributed by atoms with Crippen LogP contribution in [0, 0.1) is 0 Å². The second kappa shape index (κ2) is 7.63. The summed E-state index contributed by atoms with van der Waals surface area (Å²) in [4.78, 5) is 17.1. The van der Waals surface area contributed by atoms with Crippen LogP contribution in [0.1, 0.15) is 5.56 Å². The number of nitrogens with one attached hydrogen (secondary N) is 1. The van der Waals surface area contributed by atoms with Crippen molar-refractivity contribution in [2.45, 2.75) is 0 Å². The Hall–Kier alpha value is -2.44. The maximum atomic E-state index is 12.2. The first kappa shape index (κ1) is 17.4. The molecule has 0 aliphatic carbocycles. The zero-order valence-corrected chi connectivity index (χ0v) is 15.1. The molecule has 0 aromatic heterocycles. The molecule has 2 aromatic rings. The summed E-state index contributed by atoms with van der Waals surface area (Å²) in [6, 6.07) is 12.6. The van der Waals surface area contributed by atoms with Crippen molar-refractivity contribution >= 4 is 46.2 Å². The van der Waals surface area contributed by atoms with Gasteiger partial charge < -0.3 is 14.8 Å². The molecule has 1 heterocycles. The SMILES string of the molecule is COc1ccc(OC)c(/C=C2/SC(=Nc3ccccc3Cl)NC2=O)c1. The maximum absolute atomic E-state index is 12.2. The molecule has 0 saturated carbocycles. The molecule has 0 radical (unpaired) electrons. The first-order chi connectivity index (χ1) is 12.1. The minimum Gasteiger partial charge on any atom is -0.497 e. The highest BCUT2D eigenvalue weighted by Crippen LogP contribution is 2.33. The van der Waals surface area contributed by atoms with E-state index in [9.17, 15) is 4.79 Å². The van der Waals surface area contributed by atoms with Crippen molar-refractivity contribution in [2.24, 2.45) is 4.99 Å². The van der Waals surface area contributed by atoms with Crippen LogP contribution in [0.4, 0.5) is 5.69 Å². The molecule has 1 N–H and O–H groups in total. The van der Waals surface area contributed by atoms with Crippen LogP contribution in [0.5, 0.6) is 11.5 Å². The number of methoxy groups -OCH3 is 2. The van der Waals surface area contributed by atoms with Gasteiger partial charge in [0.25, 0.3) is 5.91 Å². The lowest BCUT2D eigenvalue weighted by Gasteiger charge is -2.07. The number of rotatable bonds is 4. The third kappa shape index (κ3) is 3.97. The van der Waals surface area contributed by atoms with Gasteiger partial charge in [0.1, 0.15) is 11.5 Å². The Morgan fingerprint density at radius 3 is 2.68 bits per heavy atom. The molecule has 1 aliphatic heterocycles. The fraction of sp³-hybridized carbons (Fsp3) is 0.111. The van der Waals surface area contributed by atoms with E-state index in [-0.39, 0.29) is 5.91 Å². The lowest BCUT2D eigenvalue weighted by molar-refractivity contribution is -0.115. The zero-order chi connectivity index (χ0) is 17.8. The molecule has 128 valence electrons. The Balaban J connectivity index is 1.91. The first-order valence-electron chi connectivity index (χ1n) is 7.37. The lowest BCUT2D eigenvalue weighted by atomic mass is 10.1. The average Bonchev–Trinajstić information content (AvgIpc) is 2.96. The van der Waals surface area contributed by atoms with Crippen LogP contribution in [0.15, 0.2) is 52.4 Å². The molecule has 0 unspecified atom stereocenters. The van der Waals surface area contributed by atoms with Gasteiger partial charge in [-0.05, 0) is 48.2 Å². The number of amides is 1. The topological polar surface area (TPSA) is 59.9 Å². The molecule has 0 bridgehead atoms. The molecule has 0 atom stereocenters. The molecule has 5 nitrogen and oxygen atoms in total. The molecule has 1 fully saturated rings. The van der Waals surface area contributed by atoms with Crippen LogP contribution >= 0.6 is 23.4 Å². The van der Waals surface area contributed by atoms with Crippen LogP contribution in [0.3, 0.4) is 0 Å². The molecule has 3 rings (SSSR count). The van der Waals surface area contributed by atoms with Crippen molar-refractivity contribution in [1.82, 2.24) is 5.32 Å². The normalized spacial score (nSPS) is 17.0. The third-order valence-electron chi connectivity index (χ3n) is 3.45. The summed E-state index contributed by atoms with van der Waals surface area (Å²) in [5, 5.41) is 3.74. The largest absolute Gasteiger partial charge is 0.497 e. The predicted octanol–water partition coefficient (Wildman–Crippen LogP) is 4.25. The number of amidine groups is 1. The summed E-state index contributed by atoms with van der Waals surface area (Å²) < 4.78 is 10.6. The Bertz CT molecular complexity index is 880. The molecule has 1 aliphatic rings. The maximum Gasteiger partial charge on any atom is 0.264 e. The summed E-state index contributed by atoms with van der Waals surface area (Å²) >= 11 is 7.35. The van der Waals surface area contributed by atoms with E-state index in [0.29, 0.717) is 32.3 Å². The van der Waals surface area contributed by atoms with Crippen molar-refractivity contribution in [1.29, 1.82) is 0 Å². The van der Waals surface area contributed by atoms with E-state index in [4.69, 9.17) is 21.1 Å². The number of carbonyl (C=O) groups is 1. The van der Waals surface area contributed by atoms with Crippen LogP contribution in [-0.4, -0.2) is 25.3 Å². The number of benzene rings is 2. The van der Waals surface area contributed by atoms with E-state index < -0.39 is 0 Å². The quantitative estimate of drug-likeness (QED) is 0.813. The van der Waals surface area contributed by atoms with Crippen LogP contribution in [-0.2, 0) is 4.79 Å². The highest BCUT2D eigenvalue weighted by atomic mass is 35.5. The van der Waals surface area contributed by atoms with Crippen molar-refractivity contribution in [2.75, 3.05) is 14.2 Å². The summed E-state index contributed by atoms with van der Waals surface area (Å²) in [6.45, 7) is 0. The second-order valence-corrected chi connectivity index (χ2v) is 6.48. The fourth-order valence-corrected chi connectivity index (χ4v) is 3.23. The third-order valence-corrected chi connectivity index (χ3v) is 4.68. The van der Waals surface area contributed by atoms with Gasteiger partial charge in [0, 0.05) is 5.56 Å². The van der Waals surface area contributed by atoms with Gasteiger partial charge in [-0.15, -0.1) is 0 Å². The van der Waals surface area contributed by atoms with E-state index in [1.807, 2.05) is 18.2 Å². The first-order valence-corrected chi connectivity index (χ1v) is 8.56. The van der Waals surface area contributed by atoms with Gasteiger partial charge in [-0.2, -0.15) is 0 Å². The van der Waals surface area contributed by atoms with Gasteiger partial charge in [0.15, 0.2) is 5.17 Å². The van der Waals surface area contributed by atoms with Crippen LogP contribution < -0.4 is 14.8 Å². The summed E-state index contributed by atoms with van der Waals surface area (Å²) in [5.41, 5.74) is 1.35. The summed E-state index contributed by atoms with van der Waals surface area (Å²) in [5.74, 6) is 1.11. The monoisotopic (exact) mass is 374 g/mol. The second-order valence-electron chi connectivity index (χ2n) is 5.04. The van der Waals surface area contributed by atoms with Gasteiger partial charge in [-0.3, -0.25) is 4.79 Å². The smallest absolute Gasteiger partial charge is 0.264 e. The van der Waals surface area contributed by atoms with Gasteiger partial charge in [0.2, 0.25) is 0 Å². The molecular formula is C18H15ClN2O3S. The molecule has 1 amide bonds. The van der Waals surface area contributed by atoms with Crippen molar-refractivity contribution in [3.63, 3.8) is 0 Å². The number of para-hydroxylation sites is 1. The number of carbonyl (C=O) groups excluding carboxylic acids is 1. The molecule has 25 heavy (non-hydrogen) atoms. The zero-order valence-electron chi connectivity index (χ0n) is 13.6. The minimum absolute atomic E-state index is 0.222. The number of hydrogen-bond donors (Lipinski definition) is 1. The number of aliphatic imine (C=N–C) groups is 1. The fourth-order valence-electron chi connectivity index (χ4n) is 2.23. The standard InChI is InChI=1S/C18H15ClN2O3S/c1-23-12-7-8-15(24-2)11(9-12)10-16-17(22)21-18(25-16)20-14-6-4-3-5-13(14)19/h3-10H,1-2H3,(H,20,21,22)/b16-10+. The van der Waals surface area contributed by atoms with Gasteiger partial charge >= 0.3 is 0 Å². The summed E-state index contributed by atoms with van der Waals surface area (Å²) in [7, 11) is 3.17. The molecule has 2 aromatic carbocycles. The highest BCUT2D eigenvalue weighted by molar-refractivity contribution is 8.18. The number of halogens is 1. The Labute approximate surface area is 154 Å². The van der Waals surface area contributed by atoms with Crippen LogP contribution in [0.2, 0.25) is 5.02 Å². The minimum atomic E-state index is -0.222. The van der Waals surface area contributed by atoms with Gasteiger partial charge in [0.05, 0.1) is 29.8 Å². The highest BCUT2D eigenvalue weighted by Gasteiger charge is 2.24. The number of ether oxygens (including phenoxy) is 2. The number of thioether (sulfide) groups is 1. The van der Waals surface area contributed by atoms with Gasteiger partial charge in [-0.1, -0.05) is 23.7 Å². The number of nitrogens with zero attached hydrogens (tertiary/aromatic N) is 1. The molecule has 7 heteroatoms. The van der Waals surface area contributed by atoms with E-state index in [0.717, 1.165) is 5.56 Å². The molecule has 0 spiro atoms. The average molecular weight is 375 g/mol. The van der Waals surface area contributed by atoms with E-state index in [2.05, 4.69) is 10.3 Å².